The van der Waals surface area contributed by atoms with Crippen LogP contribution in [0, 0.1) is 10.1 Å². The molecule has 18 heavy (non-hydrogen) atoms. The molecule has 1 rings (SSSR count). The first-order valence-electron chi connectivity index (χ1n) is 4.55. The number of rotatable bonds is 4. The number of nitro groups is 1. The third-order valence-electron chi connectivity index (χ3n) is 2.06. The molecular weight excluding hydrogens is 274 g/mol. The number of pyridine rings is 1. The fraction of sp³-hybridized carbons (Fsp3) is 0.333. The van der Waals surface area contributed by atoms with Gasteiger partial charge in [-0.15, -0.1) is 0 Å². The van der Waals surface area contributed by atoms with E-state index in [2.05, 4.69) is 9.72 Å². The molecule has 1 heterocycles. The van der Waals surface area contributed by atoms with E-state index in [-0.39, 0.29) is 5.69 Å². The number of nitrogens with zero attached hydrogens (tertiary/aromatic N) is 2. The van der Waals surface area contributed by atoms with Crippen LogP contribution in [-0.2, 0) is 16.0 Å². The molecule has 0 aliphatic carbocycles. The van der Waals surface area contributed by atoms with Crippen LogP contribution in [0.1, 0.15) is 17.7 Å². The van der Waals surface area contributed by atoms with E-state index in [4.69, 9.17) is 11.6 Å². The van der Waals surface area contributed by atoms with Crippen molar-refractivity contribution in [1.29, 1.82) is 0 Å². The quantitative estimate of drug-likeness (QED) is 0.480. The van der Waals surface area contributed by atoms with Crippen LogP contribution in [0.5, 0.6) is 0 Å². The standard InChI is InChI=1S/C9H7ClF2N2O4/c1-18-6(15)2-4-8(10)7(9(11)12)5(3-13-4)14(16)17/h3,9H,2H2,1H3. The Morgan fingerprint density at radius 2 is 2.28 bits per heavy atom. The molecule has 0 fully saturated rings. The van der Waals surface area contributed by atoms with Crippen LogP contribution in [0.15, 0.2) is 6.20 Å². The number of hydrogen-bond acceptors (Lipinski definition) is 5. The van der Waals surface area contributed by atoms with E-state index < -0.39 is 40.0 Å². The molecule has 0 spiro atoms. The second-order valence-electron chi connectivity index (χ2n) is 3.13. The van der Waals surface area contributed by atoms with Crippen molar-refractivity contribution in [2.24, 2.45) is 0 Å². The van der Waals surface area contributed by atoms with Gasteiger partial charge in [-0.25, -0.2) is 8.78 Å². The number of ether oxygens (including phenoxy) is 1. The summed E-state index contributed by atoms with van der Waals surface area (Å²) in [5, 5.41) is 9.96. The minimum absolute atomic E-state index is 0.190. The molecule has 98 valence electrons. The summed E-state index contributed by atoms with van der Waals surface area (Å²) in [6, 6.07) is 0. The number of carbonyl (C=O) groups is 1. The molecule has 0 aliphatic heterocycles. The van der Waals surface area contributed by atoms with Crippen LogP contribution in [0.25, 0.3) is 0 Å². The van der Waals surface area contributed by atoms with Gasteiger partial charge in [-0.3, -0.25) is 19.9 Å². The van der Waals surface area contributed by atoms with Gasteiger partial charge < -0.3 is 4.74 Å². The monoisotopic (exact) mass is 280 g/mol. The summed E-state index contributed by atoms with van der Waals surface area (Å²) in [6.45, 7) is 0. The lowest BCUT2D eigenvalue weighted by Gasteiger charge is -2.08. The van der Waals surface area contributed by atoms with Crippen LogP contribution in [0.4, 0.5) is 14.5 Å². The normalized spacial score (nSPS) is 10.5. The molecule has 0 aromatic carbocycles. The molecule has 1 aromatic rings. The van der Waals surface area contributed by atoms with Gasteiger partial charge in [0.25, 0.3) is 12.1 Å². The summed E-state index contributed by atoms with van der Waals surface area (Å²) in [5.74, 6) is -0.738. The third kappa shape index (κ3) is 2.89. The maximum atomic E-state index is 12.7. The van der Waals surface area contributed by atoms with Crippen LogP contribution in [0.3, 0.4) is 0 Å². The number of alkyl halides is 2. The Morgan fingerprint density at radius 3 is 2.72 bits per heavy atom. The molecule has 0 saturated heterocycles. The summed E-state index contributed by atoms with van der Waals surface area (Å²) in [7, 11) is 1.11. The molecule has 6 nitrogen and oxygen atoms in total. The van der Waals surface area contributed by atoms with Gasteiger partial charge >= 0.3 is 5.97 Å². The first-order valence-corrected chi connectivity index (χ1v) is 4.92. The molecule has 0 bridgehead atoms. The average molecular weight is 281 g/mol. The van der Waals surface area contributed by atoms with Crippen molar-refractivity contribution in [3.8, 4) is 0 Å². The average Bonchev–Trinajstić information content (AvgIpc) is 2.30. The fourth-order valence-corrected chi connectivity index (χ4v) is 1.51. The highest BCUT2D eigenvalue weighted by molar-refractivity contribution is 6.32. The highest BCUT2D eigenvalue weighted by Crippen LogP contribution is 2.36. The minimum Gasteiger partial charge on any atom is -0.469 e. The molecule has 0 radical (unpaired) electrons. The lowest BCUT2D eigenvalue weighted by atomic mass is 10.1. The summed E-state index contributed by atoms with van der Waals surface area (Å²) >= 11 is 5.60. The van der Waals surface area contributed by atoms with E-state index in [1.807, 2.05) is 0 Å². The van der Waals surface area contributed by atoms with Gasteiger partial charge in [0, 0.05) is 0 Å². The number of aromatic nitrogens is 1. The van der Waals surface area contributed by atoms with Crippen molar-refractivity contribution >= 4 is 23.3 Å². The number of methoxy groups -OCH3 is 1. The van der Waals surface area contributed by atoms with E-state index in [1.54, 1.807) is 0 Å². The van der Waals surface area contributed by atoms with Crippen molar-refractivity contribution < 1.29 is 23.2 Å². The molecule has 0 amide bonds. The number of esters is 1. The van der Waals surface area contributed by atoms with E-state index in [0.29, 0.717) is 6.20 Å². The van der Waals surface area contributed by atoms with Gasteiger partial charge in [-0.05, 0) is 0 Å². The van der Waals surface area contributed by atoms with Crippen LogP contribution >= 0.6 is 11.6 Å². The Morgan fingerprint density at radius 1 is 1.67 bits per heavy atom. The fourth-order valence-electron chi connectivity index (χ4n) is 1.22. The first-order chi connectivity index (χ1) is 8.38. The molecule has 1 aromatic heterocycles. The maximum absolute atomic E-state index is 12.7. The summed E-state index contributed by atoms with van der Waals surface area (Å²) in [4.78, 5) is 24.1. The van der Waals surface area contributed by atoms with Gasteiger partial charge in [0.2, 0.25) is 0 Å². The van der Waals surface area contributed by atoms with E-state index >= 15 is 0 Å². The molecule has 0 unspecified atom stereocenters. The number of hydrogen-bond donors (Lipinski definition) is 0. The second kappa shape index (κ2) is 5.67. The van der Waals surface area contributed by atoms with E-state index in [1.165, 1.54) is 0 Å². The summed E-state index contributed by atoms with van der Waals surface area (Å²) in [6.07, 6.45) is -2.93. The molecule has 0 saturated carbocycles. The zero-order valence-electron chi connectivity index (χ0n) is 9.02. The third-order valence-corrected chi connectivity index (χ3v) is 2.48. The van der Waals surface area contributed by atoms with Gasteiger partial charge in [0.1, 0.15) is 11.8 Å². The predicted molar refractivity (Wildman–Crippen MR) is 56.6 cm³/mol. The zero-order valence-corrected chi connectivity index (χ0v) is 9.78. The van der Waals surface area contributed by atoms with Crippen molar-refractivity contribution in [2.45, 2.75) is 12.8 Å². The SMILES string of the molecule is COC(=O)Cc1ncc([N+](=O)[O-])c(C(F)F)c1Cl. The van der Waals surface area contributed by atoms with Gasteiger partial charge in [0.15, 0.2) is 0 Å². The molecule has 9 heteroatoms. The van der Waals surface area contributed by atoms with Crippen molar-refractivity contribution in [3.05, 3.63) is 32.6 Å². The Hall–Kier alpha value is -1.83. The number of carbonyl (C=O) groups excluding carboxylic acids is 1. The van der Waals surface area contributed by atoms with Crippen molar-refractivity contribution in [3.63, 3.8) is 0 Å². The van der Waals surface area contributed by atoms with Gasteiger partial charge in [-0.2, -0.15) is 0 Å². The minimum atomic E-state index is -3.14. The van der Waals surface area contributed by atoms with E-state index in [9.17, 15) is 23.7 Å². The summed E-state index contributed by atoms with van der Waals surface area (Å²) < 4.78 is 29.8. The van der Waals surface area contributed by atoms with Crippen LogP contribution in [0.2, 0.25) is 5.02 Å². The molecular formula is C9H7ClF2N2O4. The van der Waals surface area contributed by atoms with Gasteiger partial charge in [-0.1, -0.05) is 11.6 Å². The second-order valence-corrected chi connectivity index (χ2v) is 3.51. The highest BCUT2D eigenvalue weighted by Gasteiger charge is 2.28. The highest BCUT2D eigenvalue weighted by atomic mass is 35.5. The topological polar surface area (TPSA) is 82.3 Å². The molecule has 0 aliphatic rings. The van der Waals surface area contributed by atoms with Gasteiger partial charge in [0.05, 0.1) is 29.2 Å². The Kier molecular flexibility index (Phi) is 4.49. The van der Waals surface area contributed by atoms with E-state index in [0.717, 1.165) is 7.11 Å². The lowest BCUT2D eigenvalue weighted by Crippen LogP contribution is -2.09. The smallest absolute Gasteiger partial charge is 0.311 e. The Bertz CT molecular complexity index is 496. The largest absolute Gasteiger partial charge is 0.469 e. The Balaban J connectivity index is 3.30. The molecule has 0 atom stereocenters. The summed E-state index contributed by atoms with van der Waals surface area (Å²) in [5.41, 5.74) is -2.02. The maximum Gasteiger partial charge on any atom is 0.311 e. The zero-order chi connectivity index (χ0) is 13.9. The van der Waals surface area contributed by atoms with Crippen molar-refractivity contribution in [1.82, 2.24) is 4.98 Å². The lowest BCUT2D eigenvalue weighted by molar-refractivity contribution is -0.386. The predicted octanol–water partition coefficient (Wildman–Crippen LogP) is 2.30. The van der Waals surface area contributed by atoms with Crippen molar-refractivity contribution in [2.75, 3.05) is 7.11 Å². The van der Waals surface area contributed by atoms with Crippen LogP contribution in [-0.4, -0.2) is 23.0 Å². The number of halogens is 3. The molecule has 0 N–H and O–H groups in total. The van der Waals surface area contributed by atoms with Crippen LogP contribution < -0.4 is 0 Å². The first kappa shape index (κ1) is 14.2. The Labute approximate surface area is 105 Å².